The first-order valence-corrected chi connectivity index (χ1v) is 7.88. The SMILES string of the molecule is COc1cc(OC)cc(C(=O)Nc2ccc(Nc3ccccc3)nn2)c1. The van der Waals surface area contributed by atoms with Crippen molar-refractivity contribution < 1.29 is 14.3 Å². The molecule has 0 spiro atoms. The molecule has 0 aliphatic carbocycles. The number of rotatable bonds is 6. The van der Waals surface area contributed by atoms with Gasteiger partial charge >= 0.3 is 0 Å². The summed E-state index contributed by atoms with van der Waals surface area (Å²) in [5.41, 5.74) is 1.30. The number of carbonyl (C=O) groups excluding carboxylic acids is 1. The number of methoxy groups -OCH3 is 2. The van der Waals surface area contributed by atoms with Crippen LogP contribution in [0.5, 0.6) is 11.5 Å². The molecule has 1 heterocycles. The minimum atomic E-state index is -0.333. The van der Waals surface area contributed by atoms with Crippen molar-refractivity contribution in [1.29, 1.82) is 0 Å². The highest BCUT2D eigenvalue weighted by Crippen LogP contribution is 2.23. The zero-order valence-corrected chi connectivity index (χ0v) is 14.4. The second kappa shape index (κ2) is 7.98. The van der Waals surface area contributed by atoms with E-state index < -0.39 is 0 Å². The second-order valence-corrected chi connectivity index (χ2v) is 5.35. The van der Waals surface area contributed by atoms with Crippen LogP contribution < -0.4 is 20.1 Å². The van der Waals surface area contributed by atoms with Crippen LogP contribution >= 0.6 is 0 Å². The van der Waals surface area contributed by atoms with Gasteiger partial charge in [0.15, 0.2) is 11.6 Å². The minimum Gasteiger partial charge on any atom is -0.497 e. The molecular formula is C19H18N4O3. The first kappa shape index (κ1) is 17.2. The van der Waals surface area contributed by atoms with Crippen molar-refractivity contribution in [2.75, 3.05) is 24.9 Å². The first-order valence-electron chi connectivity index (χ1n) is 7.88. The molecule has 0 saturated heterocycles. The van der Waals surface area contributed by atoms with Crippen LogP contribution in [0.15, 0.2) is 60.7 Å². The van der Waals surface area contributed by atoms with E-state index in [1.807, 2.05) is 30.3 Å². The highest BCUT2D eigenvalue weighted by atomic mass is 16.5. The summed E-state index contributed by atoms with van der Waals surface area (Å²) < 4.78 is 10.3. The van der Waals surface area contributed by atoms with Gasteiger partial charge in [-0.3, -0.25) is 4.79 Å². The molecular weight excluding hydrogens is 332 g/mol. The number of hydrogen-bond acceptors (Lipinski definition) is 6. The Labute approximate surface area is 151 Å². The summed E-state index contributed by atoms with van der Waals surface area (Å²) in [6, 6.07) is 18.0. The van der Waals surface area contributed by atoms with Gasteiger partial charge in [-0.05, 0) is 36.4 Å². The number of hydrogen-bond donors (Lipinski definition) is 2. The average Bonchev–Trinajstić information content (AvgIpc) is 2.69. The lowest BCUT2D eigenvalue weighted by Gasteiger charge is -2.09. The van der Waals surface area contributed by atoms with Crippen LogP contribution in [-0.4, -0.2) is 30.3 Å². The number of anilines is 3. The minimum absolute atomic E-state index is 0.333. The maximum absolute atomic E-state index is 12.4. The lowest BCUT2D eigenvalue weighted by Crippen LogP contribution is -2.14. The zero-order valence-electron chi connectivity index (χ0n) is 14.4. The highest BCUT2D eigenvalue weighted by molar-refractivity contribution is 6.04. The quantitative estimate of drug-likeness (QED) is 0.708. The summed E-state index contributed by atoms with van der Waals surface area (Å²) in [6.45, 7) is 0. The van der Waals surface area contributed by atoms with E-state index in [-0.39, 0.29) is 5.91 Å². The number of carbonyl (C=O) groups is 1. The number of para-hydroxylation sites is 1. The Morgan fingerprint density at radius 1 is 0.846 bits per heavy atom. The maximum atomic E-state index is 12.4. The number of nitrogens with zero attached hydrogens (tertiary/aromatic N) is 2. The van der Waals surface area contributed by atoms with Crippen molar-refractivity contribution in [3.8, 4) is 11.5 Å². The van der Waals surface area contributed by atoms with Gasteiger partial charge in [-0.1, -0.05) is 18.2 Å². The van der Waals surface area contributed by atoms with Crippen LogP contribution in [-0.2, 0) is 0 Å². The maximum Gasteiger partial charge on any atom is 0.257 e. The molecule has 26 heavy (non-hydrogen) atoms. The predicted octanol–water partition coefficient (Wildman–Crippen LogP) is 3.49. The van der Waals surface area contributed by atoms with E-state index in [0.717, 1.165) is 5.69 Å². The molecule has 0 radical (unpaired) electrons. The monoisotopic (exact) mass is 350 g/mol. The Hall–Kier alpha value is -3.61. The van der Waals surface area contributed by atoms with Crippen LogP contribution in [0.25, 0.3) is 0 Å². The fourth-order valence-corrected chi connectivity index (χ4v) is 2.26. The largest absolute Gasteiger partial charge is 0.497 e. The number of ether oxygens (including phenoxy) is 2. The Balaban J connectivity index is 1.70. The fraction of sp³-hybridized carbons (Fsp3) is 0.105. The summed E-state index contributed by atoms with van der Waals surface area (Å²) in [5, 5.41) is 13.9. The van der Waals surface area contributed by atoms with Crippen molar-refractivity contribution in [2.24, 2.45) is 0 Å². The van der Waals surface area contributed by atoms with Gasteiger partial charge in [-0.25, -0.2) is 0 Å². The van der Waals surface area contributed by atoms with E-state index in [9.17, 15) is 4.79 Å². The molecule has 0 fully saturated rings. The second-order valence-electron chi connectivity index (χ2n) is 5.35. The van der Waals surface area contributed by atoms with E-state index in [2.05, 4.69) is 20.8 Å². The third kappa shape index (κ3) is 4.27. The Bertz CT molecular complexity index is 861. The summed E-state index contributed by atoms with van der Waals surface area (Å²) in [7, 11) is 3.06. The Morgan fingerprint density at radius 3 is 2.04 bits per heavy atom. The van der Waals surface area contributed by atoms with E-state index in [0.29, 0.717) is 28.7 Å². The van der Waals surface area contributed by atoms with E-state index in [1.165, 1.54) is 14.2 Å². The predicted molar refractivity (Wildman–Crippen MR) is 99.3 cm³/mol. The summed E-state index contributed by atoms with van der Waals surface area (Å²) >= 11 is 0. The Morgan fingerprint density at radius 2 is 1.46 bits per heavy atom. The Kier molecular flexibility index (Phi) is 5.28. The molecule has 3 aromatic rings. The molecule has 0 aliphatic rings. The smallest absolute Gasteiger partial charge is 0.257 e. The van der Waals surface area contributed by atoms with E-state index in [4.69, 9.17) is 9.47 Å². The van der Waals surface area contributed by atoms with Gasteiger partial charge in [0.05, 0.1) is 14.2 Å². The summed E-state index contributed by atoms with van der Waals surface area (Å²) in [5.74, 6) is 1.65. The third-order valence-corrected chi connectivity index (χ3v) is 3.57. The van der Waals surface area contributed by atoms with Gasteiger partial charge in [-0.15, -0.1) is 10.2 Å². The summed E-state index contributed by atoms with van der Waals surface area (Å²) in [6.07, 6.45) is 0. The lowest BCUT2D eigenvalue weighted by molar-refractivity contribution is 0.102. The van der Waals surface area contributed by atoms with Crippen LogP contribution in [0, 0.1) is 0 Å². The standard InChI is InChI=1S/C19H18N4O3/c1-25-15-10-13(11-16(12-15)26-2)19(24)21-18-9-8-17(22-23-18)20-14-6-4-3-5-7-14/h3-12H,1-2H3,(H,20,22)(H,21,23,24). The molecule has 2 aromatic carbocycles. The molecule has 1 aromatic heterocycles. The molecule has 0 unspecified atom stereocenters. The van der Waals surface area contributed by atoms with Gasteiger partial charge < -0.3 is 20.1 Å². The van der Waals surface area contributed by atoms with Crippen LogP contribution in [0.3, 0.4) is 0 Å². The lowest BCUT2D eigenvalue weighted by atomic mass is 10.2. The normalized spacial score (nSPS) is 10.1. The van der Waals surface area contributed by atoms with Gasteiger partial charge in [-0.2, -0.15) is 0 Å². The molecule has 0 saturated carbocycles. The van der Waals surface area contributed by atoms with Crippen LogP contribution in [0.2, 0.25) is 0 Å². The molecule has 0 aliphatic heterocycles. The molecule has 7 heteroatoms. The number of amides is 1. The number of aromatic nitrogens is 2. The van der Waals surface area contributed by atoms with E-state index in [1.54, 1.807) is 30.3 Å². The van der Waals surface area contributed by atoms with Crippen molar-refractivity contribution in [3.63, 3.8) is 0 Å². The number of benzene rings is 2. The van der Waals surface area contributed by atoms with Crippen molar-refractivity contribution in [1.82, 2.24) is 10.2 Å². The van der Waals surface area contributed by atoms with Crippen molar-refractivity contribution in [3.05, 3.63) is 66.2 Å². The molecule has 132 valence electrons. The average molecular weight is 350 g/mol. The third-order valence-electron chi connectivity index (χ3n) is 3.57. The molecule has 2 N–H and O–H groups in total. The first-order chi connectivity index (χ1) is 12.7. The zero-order chi connectivity index (χ0) is 18.4. The van der Waals surface area contributed by atoms with Crippen molar-refractivity contribution >= 4 is 23.2 Å². The van der Waals surface area contributed by atoms with Gasteiger partial charge in [0.2, 0.25) is 0 Å². The topological polar surface area (TPSA) is 85.4 Å². The molecule has 0 bridgehead atoms. The van der Waals surface area contributed by atoms with Crippen molar-refractivity contribution in [2.45, 2.75) is 0 Å². The van der Waals surface area contributed by atoms with Crippen LogP contribution in [0.1, 0.15) is 10.4 Å². The fourth-order valence-electron chi connectivity index (χ4n) is 2.26. The molecule has 7 nitrogen and oxygen atoms in total. The van der Waals surface area contributed by atoms with E-state index >= 15 is 0 Å². The van der Waals surface area contributed by atoms with Gasteiger partial charge in [0, 0.05) is 17.3 Å². The number of nitrogens with one attached hydrogen (secondary N) is 2. The molecule has 3 rings (SSSR count). The highest BCUT2D eigenvalue weighted by Gasteiger charge is 2.11. The van der Waals surface area contributed by atoms with Gasteiger partial charge in [0.25, 0.3) is 5.91 Å². The van der Waals surface area contributed by atoms with Crippen LogP contribution in [0.4, 0.5) is 17.3 Å². The van der Waals surface area contributed by atoms with Gasteiger partial charge in [0.1, 0.15) is 11.5 Å². The summed E-state index contributed by atoms with van der Waals surface area (Å²) in [4.78, 5) is 12.4. The molecule has 0 atom stereocenters. The molecule has 1 amide bonds.